The van der Waals surface area contributed by atoms with Crippen LogP contribution < -0.4 is 37.8 Å². The summed E-state index contributed by atoms with van der Waals surface area (Å²) in [5, 5.41) is 9.98. The monoisotopic (exact) mass is 767 g/mol. The molecule has 4 nitrogen and oxygen atoms in total. The lowest BCUT2D eigenvalue weighted by molar-refractivity contribution is 1.52. The van der Waals surface area contributed by atoms with Gasteiger partial charge in [0.25, 0.3) is 0 Å². The van der Waals surface area contributed by atoms with E-state index in [4.69, 9.17) is 16.2 Å². The molecular weight excluding hydrogens is 719 g/mol. The maximum Gasteiger partial charge on any atom is 0.199 e. The van der Waals surface area contributed by atoms with Crippen LogP contribution in [0.5, 0.6) is 0 Å². The molecule has 0 aliphatic heterocycles. The van der Waals surface area contributed by atoms with Crippen molar-refractivity contribution < 1.29 is 0 Å². The van der Waals surface area contributed by atoms with Crippen LogP contribution in [0.2, 0.25) is 0 Å². The van der Waals surface area contributed by atoms with Gasteiger partial charge in [0.2, 0.25) is 0 Å². The molecule has 1 unspecified atom stereocenters. The normalized spacial score (nSPS) is 13.4. The largest absolute Gasteiger partial charge is 0.399 e. The van der Waals surface area contributed by atoms with Crippen LogP contribution in [0.15, 0.2) is 235 Å². The number of rotatable bonds is 14. The first-order chi connectivity index (χ1) is 27.4. The molecule has 278 valence electrons. The first-order valence-corrected chi connectivity index (χ1v) is 22.3. The minimum atomic E-state index is -2.64. The average molecular weight is 768 g/mol. The van der Waals surface area contributed by atoms with E-state index in [1.54, 1.807) is 6.07 Å². The molecule has 0 aliphatic rings. The summed E-state index contributed by atoms with van der Waals surface area (Å²) in [6.45, 7) is 8.35. The molecule has 5 N–H and O–H groups in total. The van der Waals surface area contributed by atoms with E-state index in [1.165, 1.54) is 15.9 Å². The van der Waals surface area contributed by atoms with Crippen LogP contribution in [0.1, 0.15) is 13.8 Å². The zero-order chi connectivity index (χ0) is 39.2. The van der Waals surface area contributed by atoms with Crippen molar-refractivity contribution in [3.8, 4) is 11.1 Å². The zero-order valence-electron chi connectivity index (χ0n) is 32.0. The van der Waals surface area contributed by atoms with Crippen molar-refractivity contribution in [2.45, 2.75) is 13.8 Å². The first-order valence-electron chi connectivity index (χ1n) is 18.7. The van der Waals surface area contributed by atoms with Gasteiger partial charge in [-0.15, -0.1) is 0 Å². The molecule has 0 aromatic heterocycles. The quantitative estimate of drug-likeness (QED) is 0.0587. The van der Waals surface area contributed by atoms with E-state index in [0.717, 1.165) is 33.1 Å². The van der Waals surface area contributed by atoms with Gasteiger partial charge in [0.15, 0.2) is 7.41 Å². The van der Waals surface area contributed by atoms with Crippen LogP contribution in [0.3, 0.4) is 0 Å². The van der Waals surface area contributed by atoms with E-state index in [0.29, 0.717) is 11.4 Å². The molecule has 6 aromatic carbocycles. The summed E-state index contributed by atoms with van der Waals surface area (Å²) in [6, 6.07) is 55.1. The van der Waals surface area contributed by atoms with Crippen molar-refractivity contribution in [1.82, 2.24) is 0 Å². The summed E-state index contributed by atoms with van der Waals surface area (Å²) in [4.78, 5) is 0. The van der Waals surface area contributed by atoms with Gasteiger partial charge in [-0.05, 0) is 109 Å². The second-order valence-electron chi connectivity index (χ2n) is 13.1. The van der Waals surface area contributed by atoms with E-state index in [9.17, 15) is 0 Å². The molecule has 0 fully saturated rings. The summed E-state index contributed by atoms with van der Waals surface area (Å²) in [5.74, 6) is 2.26. The fraction of sp³-hybridized carbons (Fsp3) is 0.0400. The lowest BCUT2D eigenvalue weighted by atomic mass is 10.0. The lowest BCUT2D eigenvalue weighted by Gasteiger charge is -2.29. The van der Waals surface area contributed by atoms with Crippen molar-refractivity contribution in [2.75, 3.05) is 16.6 Å². The number of nitrogens with two attached hydrogens (primary N) is 2. The molecule has 0 bridgehead atoms. The van der Waals surface area contributed by atoms with E-state index in [-0.39, 0.29) is 0 Å². The molecule has 0 radical (unpaired) electrons. The highest BCUT2D eigenvalue weighted by Gasteiger charge is 2.46. The molecule has 1 atom stereocenters. The Bertz CT molecular complexity index is 2330. The van der Waals surface area contributed by atoms with Crippen LogP contribution in [-0.2, 0) is 0 Å². The summed E-state index contributed by atoms with van der Waals surface area (Å²) >= 11 is 0. The minimum absolute atomic E-state index is 0.599. The first kappa shape index (κ1) is 39.5. The Labute approximate surface area is 333 Å². The van der Waals surface area contributed by atoms with Crippen molar-refractivity contribution >= 4 is 58.4 Å². The maximum absolute atomic E-state index is 6.42. The number of nitrogens with zero attached hydrogens (tertiary/aromatic N) is 1. The predicted molar refractivity (Wildman–Crippen MR) is 251 cm³/mol. The standard InChI is InChI=1S/C50H49N4P2/c1-4-7-9-10-23-33-55(46(6-3)24-8-5-2,47-25-15-11-16-26-47)53-44-36-41(40-34-42(51)38-43(52)35-40)37-45(39-44)54-56(48-27-17-12-18-28-48,49-29-19-13-20-30-49)50-31-21-14-22-32-50/h4-39,54H,3,51-52H2,1-2H3/q+1/b7-4-,8-5-,10-9-,33-23+,46-24+. The Kier molecular flexibility index (Phi) is 13.3. The molecule has 0 saturated heterocycles. The zero-order valence-corrected chi connectivity index (χ0v) is 33.8. The van der Waals surface area contributed by atoms with Gasteiger partial charge in [-0.1, -0.05) is 146 Å². The second kappa shape index (κ2) is 18.9. The number of anilines is 3. The van der Waals surface area contributed by atoms with Gasteiger partial charge in [-0.25, -0.2) is 5.09 Å². The van der Waals surface area contributed by atoms with Crippen LogP contribution in [0.4, 0.5) is 22.7 Å². The van der Waals surface area contributed by atoms with Gasteiger partial charge in [-0.3, -0.25) is 4.74 Å². The molecule has 6 heteroatoms. The topological polar surface area (TPSA) is 76.4 Å². The van der Waals surface area contributed by atoms with Gasteiger partial charge >= 0.3 is 0 Å². The van der Waals surface area contributed by atoms with E-state index in [2.05, 4.69) is 175 Å². The minimum Gasteiger partial charge on any atom is -0.399 e. The molecule has 0 spiro atoms. The molecule has 0 saturated carbocycles. The van der Waals surface area contributed by atoms with E-state index < -0.39 is 14.5 Å². The van der Waals surface area contributed by atoms with Gasteiger partial charge in [-0.2, -0.15) is 0 Å². The van der Waals surface area contributed by atoms with E-state index >= 15 is 0 Å². The third-order valence-electron chi connectivity index (χ3n) is 9.27. The average Bonchev–Trinajstić information content (AvgIpc) is 3.23. The fourth-order valence-electron chi connectivity index (χ4n) is 6.77. The summed E-state index contributed by atoms with van der Waals surface area (Å²) in [5.41, 5.74) is 17.6. The van der Waals surface area contributed by atoms with Crippen LogP contribution >= 0.6 is 14.5 Å². The van der Waals surface area contributed by atoms with Crippen molar-refractivity contribution in [2.24, 2.45) is 4.74 Å². The summed E-state index contributed by atoms with van der Waals surface area (Å²) in [6.07, 6.45) is 18.4. The number of nitrogens with one attached hydrogen (secondary N) is 1. The van der Waals surface area contributed by atoms with Crippen molar-refractivity contribution in [1.29, 1.82) is 0 Å². The Balaban J connectivity index is 1.72. The van der Waals surface area contributed by atoms with Gasteiger partial charge < -0.3 is 11.5 Å². The molecule has 6 aromatic rings. The van der Waals surface area contributed by atoms with Crippen molar-refractivity contribution in [3.05, 3.63) is 230 Å². The molecule has 6 rings (SSSR count). The smallest absolute Gasteiger partial charge is 0.199 e. The Hall–Kier alpha value is -6.18. The molecular formula is C50H49N4P2+. The summed E-state index contributed by atoms with van der Waals surface area (Å²) < 4.78 is 5.85. The number of hydrogen-bond acceptors (Lipinski definition) is 4. The van der Waals surface area contributed by atoms with Crippen LogP contribution in [0.25, 0.3) is 11.1 Å². The van der Waals surface area contributed by atoms with Crippen LogP contribution in [-0.4, -0.2) is 0 Å². The molecule has 56 heavy (non-hydrogen) atoms. The molecule has 0 aliphatic carbocycles. The third-order valence-corrected chi connectivity index (χ3v) is 16.4. The van der Waals surface area contributed by atoms with Crippen molar-refractivity contribution in [3.63, 3.8) is 0 Å². The number of allylic oxidation sites excluding steroid dienone is 10. The third kappa shape index (κ3) is 9.02. The fourth-order valence-corrected chi connectivity index (χ4v) is 13.4. The van der Waals surface area contributed by atoms with E-state index in [1.807, 2.05) is 62.4 Å². The van der Waals surface area contributed by atoms with Crippen LogP contribution in [0, 0.1) is 0 Å². The Morgan fingerprint density at radius 3 is 1.61 bits per heavy atom. The second-order valence-corrected chi connectivity index (χ2v) is 19.2. The Morgan fingerprint density at radius 2 is 1.09 bits per heavy atom. The molecule has 0 heterocycles. The van der Waals surface area contributed by atoms with Gasteiger partial charge in [0.1, 0.15) is 15.9 Å². The number of benzene rings is 6. The highest BCUT2D eigenvalue weighted by molar-refractivity contribution is 7.96. The number of hydrogen-bond donors (Lipinski definition) is 3. The lowest BCUT2D eigenvalue weighted by Crippen LogP contribution is -2.36. The maximum atomic E-state index is 6.42. The molecule has 0 amide bonds. The Morgan fingerprint density at radius 1 is 0.589 bits per heavy atom. The highest BCUT2D eigenvalue weighted by atomic mass is 31.2. The summed E-state index contributed by atoms with van der Waals surface area (Å²) in [7, 11) is -5.14. The number of nitrogen functional groups attached to an aromatic ring is 2. The van der Waals surface area contributed by atoms with Gasteiger partial charge in [0.05, 0.1) is 18.4 Å². The SMILES string of the molecule is C=C/C(=C\C=C/C)P(/C=C/C=C\C=C/C)(=Nc1cc(N[P+](c2ccccc2)(c2ccccc2)c2ccccc2)cc(-c2cc(N)cc(N)c2)c1)c1ccccc1. The predicted octanol–water partition coefficient (Wildman–Crippen LogP) is 12.3. The highest BCUT2D eigenvalue weighted by Crippen LogP contribution is 2.61. The van der Waals surface area contributed by atoms with Gasteiger partial charge in [0, 0.05) is 16.7 Å².